The van der Waals surface area contributed by atoms with Gasteiger partial charge in [0.1, 0.15) is 0 Å². The van der Waals surface area contributed by atoms with E-state index in [4.69, 9.17) is 0 Å². The molecule has 0 bridgehead atoms. The number of carbonyl (C=O) groups excluding carboxylic acids is 1. The van der Waals surface area contributed by atoms with Gasteiger partial charge in [-0.3, -0.25) is 4.79 Å². The molecule has 1 aromatic rings. The highest BCUT2D eigenvalue weighted by Crippen LogP contribution is 2.30. The zero-order valence-electron chi connectivity index (χ0n) is 9.98. The molecule has 0 saturated heterocycles. The SMILES string of the molecule is C[C@@H](c1cccs1)N(C)C(=O)C1CCCC1. The van der Waals surface area contributed by atoms with E-state index in [9.17, 15) is 4.79 Å². The van der Waals surface area contributed by atoms with Gasteiger partial charge in [0.2, 0.25) is 5.91 Å². The lowest BCUT2D eigenvalue weighted by Crippen LogP contribution is -2.33. The lowest BCUT2D eigenvalue weighted by atomic mass is 10.1. The second-order valence-electron chi connectivity index (χ2n) is 4.62. The van der Waals surface area contributed by atoms with E-state index in [-0.39, 0.29) is 12.0 Å². The first-order chi connectivity index (χ1) is 7.70. The van der Waals surface area contributed by atoms with Crippen LogP contribution in [0, 0.1) is 5.92 Å². The number of thiophene rings is 1. The van der Waals surface area contributed by atoms with Crippen LogP contribution in [0.25, 0.3) is 0 Å². The van der Waals surface area contributed by atoms with Crippen LogP contribution in [0.3, 0.4) is 0 Å². The molecule has 0 aliphatic heterocycles. The van der Waals surface area contributed by atoms with Crippen LogP contribution < -0.4 is 0 Å². The number of amides is 1. The van der Waals surface area contributed by atoms with Crippen LogP contribution in [-0.4, -0.2) is 17.9 Å². The van der Waals surface area contributed by atoms with Gasteiger partial charge in [-0.15, -0.1) is 11.3 Å². The van der Waals surface area contributed by atoms with Crippen molar-refractivity contribution in [3.8, 4) is 0 Å². The van der Waals surface area contributed by atoms with Gasteiger partial charge in [-0.2, -0.15) is 0 Å². The normalized spacial score (nSPS) is 18.6. The van der Waals surface area contributed by atoms with Gasteiger partial charge < -0.3 is 4.90 Å². The summed E-state index contributed by atoms with van der Waals surface area (Å²) in [6.45, 7) is 2.11. The fourth-order valence-corrected chi connectivity index (χ4v) is 3.20. The van der Waals surface area contributed by atoms with E-state index in [1.54, 1.807) is 11.3 Å². The summed E-state index contributed by atoms with van der Waals surface area (Å²) in [6, 6.07) is 4.37. The van der Waals surface area contributed by atoms with E-state index in [0.29, 0.717) is 5.91 Å². The molecular weight excluding hydrogens is 218 g/mol. The van der Waals surface area contributed by atoms with Crippen molar-refractivity contribution in [2.24, 2.45) is 5.92 Å². The zero-order chi connectivity index (χ0) is 11.5. The molecule has 1 amide bonds. The Morgan fingerprint density at radius 1 is 1.50 bits per heavy atom. The minimum atomic E-state index is 0.216. The summed E-state index contributed by atoms with van der Waals surface area (Å²) in [5, 5.41) is 2.07. The Kier molecular flexibility index (Phi) is 3.64. The largest absolute Gasteiger partial charge is 0.338 e. The zero-order valence-corrected chi connectivity index (χ0v) is 10.8. The number of hydrogen-bond donors (Lipinski definition) is 0. The Labute approximate surface area is 101 Å². The molecule has 3 heteroatoms. The van der Waals surface area contributed by atoms with Crippen molar-refractivity contribution in [3.63, 3.8) is 0 Å². The van der Waals surface area contributed by atoms with Gasteiger partial charge in [-0.25, -0.2) is 0 Å². The molecule has 88 valence electrons. The number of rotatable bonds is 3. The summed E-state index contributed by atoms with van der Waals surface area (Å²) in [7, 11) is 1.94. The first-order valence-corrected chi connectivity index (χ1v) is 6.88. The van der Waals surface area contributed by atoms with Gasteiger partial charge in [0.25, 0.3) is 0 Å². The van der Waals surface area contributed by atoms with E-state index in [1.165, 1.54) is 17.7 Å². The van der Waals surface area contributed by atoms with Gasteiger partial charge in [-0.1, -0.05) is 18.9 Å². The quantitative estimate of drug-likeness (QED) is 0.788. The van der Waals surface area contributed by atoms with Crippen LogP contribution in [0.15, 0.2) is 17.5 Å². The molecule has 0 radical (unpaired) electrons. The van der Waals surface area contributed by atoms with Crippen LogP contribution in [-0.2, 0) is 4.79 Å². The highest BCUT2D eigenvalue weighted by atomic mass is 32.1. The fourth-order valence-electron chi connectivity index (χ4n) is 2.37. The van der Waals surface area contributed by atoms with Crippen molar-refractivity contribution in [2.45, 2.75) is 38.6 Å². The van der Waals surface area contributed by atoms with Crippen LogP contribution in [0.5, 0.6) is 0 Å². The molecule has 1 aromatic heterocycles. The third kappa shape index (κ3) is 2.29. The van der Waals surface area contributed by atoms with Crippen LogP contribution in [0.4, 0.5) is 0 Å². The summed E-state index contributed by atoms with van der Waals surface area (Å²) < 4.78 is 0. The molecule has 1 saturated carbocycles. The molecule has 1 heterocycles. The average molecular weight is 237 g/mol. The summed E-state index contributed by atoms with van der Waals surface area (Å²) in [6.07, 6.45) is 4.61. The van der Waals surface area contributed by atoms with Crippen LogP contribution in [0.1, 0.15) is 43.5 Å². The lowest BCUT2D eigenvalue weighted by molar-refractivity contribution is -0.135. The molecule has 0 aromatic carbocycles. The van der Waals surface area contributed by atoms with E-state index >= 15 is 0 Å². The third-order valence-electron chi connectivity index (χ3n) is 3.59. The molecule has 2 rings (SSSR count). The van der Waals surface area contributed by atoms with Crippen molar-refractivity contribution in [2.75, 3.05) is 7.05 Å². The van der Waals surface area contributed by atoms with Gasteiger partial charge in [0.15, 0.2) is 0 Å². The van der Waals surface area contributed by atoms with E-state index < -0.39 is 0 Å². The molecule has 1 aliphatic carbocycles. The number of nitrogens with zero attached hydrogens (tertiary/aromatic N) is 1. The number of carbonyl (C=O) groups is 1. The molecule has 0 unspecified atom stereocenters. The summed E-state index contributed by atoms with van der Waals surface area (Å²) in [5.41, 5.74) is 0. The second-order valence-corrected chi connectivity index (χ2v) is 5.60. The molecule has 16 heavy (non-hydrogen) atoms. The van der Waals surface area contributed by atoms with Crippen LogP contribution in [0.2, 0.25) is 0 Å². The highest BCUT2D eigenvalue weighted by Gasteiger charge is 2.28. The van der Waals surface area contributed by atoms with Crippen molar-refractivity contribution in [1.82, 2.24) is 4.90 Å². The molecule has 1 atom stereocenters. The third-order valence-corrected chi connectivity index (χ3v) is 4.63. The molecule has 0 spiro atoms. The van der Waals surface area contributed by atoms with Gasteiger partial charge >= 0.3 is 0 Å². The maximum atomic E-state index is 12.2. The van der Waals surface area contributed by atoms with Crippen molar-refractivity contribution in [1.29, 1.82) is 0 Å². The molecule has 1 fully saturated rings. The number of hydrogen-bond acceptors (Lipinski definition) is 2. The molecular formula is C13H19NOS. The molecule has 0 N–H and O–H groups in total. The van der Waals surface area contributed by atoms with Crippen molar-refractivity contribution < 1.29 is 4.79 Å². The van der Waals surface area contributed by atoms with E-state index in [2.05, 4.69) is 18.4 Å². The molecule has 2 nitrogen and oxygen atoms in total. The minimum absolute atomic E-state index is 0.216. The maximum absolute atomic E-state index is 12.2. The minimum Gasteiger partial charge on any atom is -0.338 e. The first kappa shape index (κ1) is 11.6. The lowest BCUT2D eigenvalue weighted by Gasteiger charge is -2.26. The van der Waals surface area contributed by atoms with E-state index in [1.807, 2.05) is 18.0 Å². The predicted octanol–water partition coefficient (Wildman–Crippen LogP) is 3.46. The summed E-state index contributed by atoms with van der Waals surface area (Å²) in [4.78, 5) is 15.4. The highest BCUT2D eigenvalue weighted by molar-refractivity contribution is 7.10. The van der Waals surface area contributed by atoms with Crippen LogP contribution >= 0.6 is 11.3 Å². The first-order valence-electron chi connectivity index (χ1n) is 6.00. The summed E-state index contributed by atoms with van der Waals surface area (Å²) >= 11 is 1.73. The summed E-state index contributed by atoms with van der Waals surface area (Å²) in [5.74, 6) is 0.616. The molecule has 1 aliphatic rings. The van der Waals surface area contributed by atoms with Gasteiger partial charge in [0, 0.05) is 17.8 Å². The Bertz CT molecular complexity index is 341. The Morgan fingerprint density at radius 3 is 2.75 bits per heavy atom. The predicted molar refractivity (Wildman–Crippen MR) is 67.5 cm³/mol. The van der Waals surface area contributed by atoms with Gasteiger partial charge in [0.05, 0.1) is 6.04 Å². The smallest absolute Gasteiger partial charge is 0.225 e. The average Bonchev–Trinajstić information content (AvgIpc) is 2.97. The Morgan fingerprint density at radius 2 is 2.19 bits per heavy atom. The monoisotopic (exact) mass is 237 g/mol. The fraction of sp³-hybridized carbons (Fsp3) is 0.615. The standard InChI is InChI=1S/C13H19NOS/c1-10(12-8-5-9-16-12)14(2)13(15)11-6-3-4-7-11/h5,8-11H,3-4,6-7H2,1-2H3/t10-/m0/s1. The van der Waals surface area contributed by atoms with Crippen molar-refractivity contribution >= 4 is 17.2 Å². The van der Waals surface area contributed by atoms with Crippen molar-refractivity contribution in [3.05, 3.63) is 22.4 Å². The van der Waals surface area contributed by atoms with Gasteiger partial charge in [-0.05, 0) is 31.2 Å². The van der Waals surface area contributed by atoms with E-state index in [0.717, 1.165) is 12.8 Å². The maximum Gasteiger partial charge on any atom is 0.225 e. The Hall–Kier alpha value is -0.830. The second kappa shape index (κ2) is 5.00. The topological polar surface area (TPSA) is 20.3 Å². The Balaban J connectivity index is 2.01.